The van der Waals surface area contributed by atoms with Gasteiger partial charge in [-0.05, 0) is 59.4 Å². The number of amides is 2. The predicted octanol–water partition coefficient (Wildman–Crippen LogP) is 3.66. The van der Waals surface area contributed by atoms with Crippen LogP contribution in [0.4, 0.5) is 5.69 Å². The number of hydrogen-bond acceptors (Lipinski definition) is 4. The van der Waals surface area contributed by atoms with Gasteiger partial charge in [-0.1, -0.05) is 48.5 Å². The second-order valence-corrected chi connectivity index (χ2v) is 11.0. The third kappa shape index (κ3) is 4.24. The molecular weight excluding hydrogens is 462 g/mol. The zero-order valence-electron chi connectivity index (χ0n) is 19.5. The van der Waals surface area contributed by atoms with Crippen molar-refractivity contribution < 1.29 is 18.0 Å². The van der Waals surface area contributed by atoms with Gasteiger partial charge in [0.1, 0.15) is 0 Å². The van der Waals surface area contributed by atoms with E-state index in [-0.39, 0.29) is 29.8 Å². The van der Waals surface area contributed by atoms with Gasteiger partial charge in [0.2, 0.25) is 21.8 Å². The Hall–Kier alpha value is -3.49. The van der Waals surface area contributed by atoms with E-state index in [0.29, 0.717) is 25.1 Å². The Labute approximate surface area is 205 Å². The molecule has 1 spiro atoms. The normalized spacial score (nSPS) is 17.5. The minimum atomic E-state index is -3.68. The molecule has 1 fully saturated rings. The molecule has 2 heterocycles. The Morgan fingerprint density at radius 3 is 2.14 bits per heavy atom. The lowest BCUT2D eigenvalue weighted by molar-refractivity contribution is -0.129. The van der Waals surface area contributed by atoms with Crippen LogP contribution in [0.5, 0.6) is 0 Å². The van der Waals surface area contributed by atoms with Gasteiger partial charge in [-0.3, -0.25) is 9.59 Å². The Morgan fingerprint density at radius 2 is 1.51 bits per heavy atom. The molecule has 3 aromatic carbocycles. The molecule has 2 N–H and O–H groups in total. The van der Waals surface area contributed by atoms with E-state index in [0.717, 1.165) is 22.3 Å². The average molecular weight is 490 g/mol. The first-order chi connectivity index (χ1) is 16.8. The van der Waals surface area contributed by atoms with Crippen molar-refractivity contribution in [1.82, 2.24) is 9.62 Å². The third-order valence-electron chi connectivity index (χ3n) is 7.01. The fourth-order valence-electron chi connectivity index (χ4n) is 5.13. The van der Waals surface area contributed by atoms with Gasteiger partial charge in [-0.2, -0.15) is 4.31 Å². The van der Waals surface area contributed by atoms with Crippen LogP contribution in [0.1, 0.15) is 30.9 Å². The number of anilines is 1. The Balaban J connectivity index is 1.32. The summed E-state index contributed by atoms with van der Waals surface area (Å²) in [6, 6.07) is 22.1. The average Bonchev–Trinajstić information content (AvgIpc) is 2.87. The lowest BCUT2D eigenvalue weighted by Crippen LogP contribution is -2.55. The lowest BCUT2D eigenvalue weighted by atomic mass is 9.69. The Bertz CT molecular complexity index is 1370. The third-order valence-corrected chi connectivity index (χ3v) is 8.93. The summed E-state index contributed by atoms with van der Waals surface area (Å²) >= 11 is 0. The molecule has 0 radical (unpaired) electrons. The number of nitrogens with one attached hydrogen (secondary N) is 2. The largest absolute Gasteiger partial charge is 0.351 e. The first kappa shape index (κ1) is 23.3. The molecule has 3 aromatic rings. The molecule has 7 nitrogen and oxygen atoms in total. The predicted molar refractivity (Wildman–Crippen MR) is 134 cm³/mol. The van der Waals surface area contributed by atoms with Crippen LogP contribution >= 0.6 is 0 Å². The van der Waals surface area contributed by atoms with Crippen molar-refractivity contribution in [3.63, 3.8) is 0 Å². The van der Waals surface area contributed by atoms with Gasteiger partial charge in [-0.25, -0.2) is 8.42 Å². The van der Waals surface area contributed by atoms with E-state index in [9.17, 15) is 18.0 Å². The van der Waals surface area contributed by atoms with Gasteiger partial charge in [-0.15, -0.1) is 0 Å². The topological polar surface area (TPSA) is 95.6 Å². The number of benzene rings is 3. The van der Waals surface area contributed by atoms with Crippen molar-refractivity contribution in [2.45, 2.75) is 36.6 Å². The molecule has 2 amide bonds. The van der Waals surface area contributed by atoms with E-state index < -0.39 is 15.4 Å². The summed E-state index contributed by atoms with van der Waals surface area (Å²) in [5, 5.41) is 5.72. The van der Waals surface area contributed by atoms with E-state index in [1.165, 1.54) is 11.2 Å². The summed E-state index contributed by atoms with van der Waals surface area (Å²) in [4.78, 5) is 24.3. The number of piperidine rings is 1. The summed E-state index contributed by atoms with van der Waals surface area (Å²) in [5.74, 6) is -0.147. The zero-order chi connectivity index (χ0) is 24.6. The van der Waals surface area contributed by atoms with E-state index in [1.807, 2.05) is 48.5 Å². The molecule has 0 saturated carbocycles. The summed E-state index contributed by atoms with van der Waals surface area (Å²) in [6.07, 6.45) is 0.904. The van der Waals surface area contributed by atoms with Crippen LogP contribution in [0, 0.1) is 0 Å². The first-order valence-electron chi connectivity index (χ1n) is 11.6. The highest BCUT2D eigenvalue weighted by molar-refractivity contribution is 7.89. The lowest BCUT2D eigenvalue weighted by Gasteiger charge is -2.43. The summed E-state index contributed by atoms with van der Waals surface area (Å²) in [7, 11) is -3.68. The maximum Gasteiger partial charge on any atom is 0.243 e. The van der Waals surface area contributed by atoms with Gasteiger partial charge in [0, 0.05) is 32.2 Å². The standard InChI is InChI=1S/C27H27N3O4S/c1-19(31)29-23-10-6-20(7-11-23)21-8-12-24(13-9-21)35(33,34)30-16-14-27(15-17-30)25-5-3-2-4-22(25)18-28-26(27)32/h2-13H,14-18H2,1H3,(H,28,32)(H,29,31). The molecule has 1 saturated heterocycles. The highest BCUT2D eigenvalue weighted by atomic mass is 32.2. The quantitative estimate of drug-likeness (QED) is 0.585. The van der Waals surface area contributed by atoms with Gasteiger partial charge in [0.05, 0.1) is 10.3 Å². The van der Waals surface area contributed by atoms with Gasteiger partial charge >= 0.3 is 0 Å². The van der Waals surface area contributed by atoms with Gasteiger partial charge < -0.3 is 10.6 Å². The second kappa shape index (κ2) is 8.94. The van der Waals surface area contributed by atoms with Gasteiger partial charge in [0.25, 0.3) is 0 Å². The van der Waals surface area contributed by atoms with Crippen LogP contribution in [0.15, 0.2) is 77.7 Å². The molecule has 0 bridgehead atoms. The van der Waals surface area contributed by atoms with Crippen LogP contribution < -0.4 is 10.6 Å². The number of sulfonamides is 1. The zero-order valence-corrected chi connectivity index (χ0v) is 20.3. The highest BCUT2D eigenvalue weighted by Crippen LogP contribution is 2.41. The number of fused-ring (bicyclic) bond motifs is 2. The second-order valence-electron chi connectivity index (χ2n) is 9.11. The van der Waals surface area contributed by atoms with Crippen molar-refractivity contribution in [2.75, 3.05) is 18.4 Å². The maximum absolute atomic E-state index is 13.4. The number of rotatable bonds is 4. The molecule has 0 unspecified atom stereocenters. The number of nitrogens with zero attached hydrogens (tertiary/aromatic N) is 1. The van der Waals surface area contributed by atoms with E-state index in [4.69, 9.17) is 0 Å². The summed E-state index contributed by atoms with van der Waals surface area (Å²) in [6.45, 7) is 2.55. The Morgan fingerprint density at radius 1 is 0.914 bits per heavy atom. The highest BCUT2D eigenvalue weighted by Gasteiger charge is 2.47. The first-order valence-corrected chi connectivity index (χ1v) is 13.1. The number of carbonyl (C=O) groups is 2. The molecule has 0 aromatic heterocycles. The number of carbonyl (C=O) groups excluding carboxylic acids is 2. The minimum absolute atomic E-state index is 0.0119. The van der Waals surface area contributed by atoms with Crippen LogP contribution in [0.2, 0.25) is 0 Å². The van der Waals surface area contributed by atoms with E-state index in [2.05, 4.69) is 10.6 Å². The van der Waals surface area contributed by atoms with E-state index in [1.54, 1.807) is 24.3 Å². The number of hydrogen-bond donors (Lipinski definition) is 2. The van der Waals surface area contributed by atoms with Crippen LogP contribution in [-0.4, -0.2) is 37.6 Å². The van der Waals surface area contributed by atoms with Crippen LogP contribution in [-0.2, 0) is 31.6 Å². The van der Waals surface area contributed by atoms with Crippen molar-refractivity contribution in [2.24, 2.45) is 0 Å². The fraction of sp³-hybridized carbons (Fsp3) is 0.259. The summed E-state index contributed by atoms with van der Waals surface area (Å²) < 4.78 is 28.2. The van der Waals surface area contributed by atoms with Crippen molar-refractivity contribution in [1.29, 1.82) is 0 Å². The molecule has 2 aliphatic heterocycles. The van der Waals surface area contributed by atoms with Crippen molar-refractivity contribution in [3.8, 4) is 11.1 Å². The molecule has 2 aliphatic rings. The van der Waals surface area contributed by atoms with Gasteiger partial charge in [0.15, 0.2) is 0 Å². The molecule has 180 valence electrons. The minimum Gasteiger partial charge on any atom is -0.351 e. The summed E-state index contributed by atoms with van der Waals surface area (Å²) in [5.41, 5.74) is 3.96. The van der Waals surface area contributed by atoms with Crippen molar-refractivity contribution in [3.05, 3.63) is 83.9 Å². The van der Waals surface area contributed by atoms with Crippen LogP contribution in [0.3, 0.4) is 0 Å². The van der Waals surface area contributed by atoms with Crippen molar-refractivity contribution >= 4 is 27.5 Å². The fourth-order valence-corrected chi connectivity index (χ4v) is 6.57. The molecule has 0 atom stereocenters. The molecule has 0 aliphatic carbocycles. The van der Waals surface area contributed by atoms with E-state index >= 15 is 0 Å². The Kier molecular flexibility index (Phi) is 5.94. The molecular formula is C27H27N3O4S. The molecule has 8 heteroatoms. The molecule has 35 heavy (non-hydrogen) atoms. The smallest absolute Gasteiger partial charge is 0.243 e. The maximum atomic E-state index is 13.4. The molecule has 5 rings (SSSR count). The SMILES string of the molecule is CC(=O)Nc1ccc(-c2ccc(S(=O)(=O)N3CCC4(CC3)C(=O)NCc3ccccc34)cc2)cc1. The van der Waals surface area contributed by atoms with Crippen LogP contribution in [0.25, 0.3) is 11.1 Å². The monoisotopic (exact) mass is 489 g/mol.